The van der Waals surface area contributed by atoms with E-state index in [-0.39, 0.29) is 11.3 Å². The number of aryl methyl sites for hydroxylation is 2. The number of carboxylic acids is 1. The van der Waals surface area contributed by atoms with E-state index in [1.165, 1.54) is 6.26 Å². The van der Waals surface area contributed by atoms with Gasteiger partial charge in [0.2, 0.25) is 0 Å². The van der Waals surface area contributed by atoms with Gasteiger partial charge in [0.05, 0.1) is 4.90 Å². The molecule has 0 atom stereocenters. The number of benzene rings is 1. The molecule has 0 spiro atoms. The lowest BCUT2D eigenvalue weighted by Crippen LogP contribution is -2.01. The monoisotopic (exact) mass is 256 g/mol. The number of hydrogen-bond donors (Lipinski definition) is 1. The Kier molecular flexibility index (Phi) is 4.28. The highest BCUT2D eigenvalue weighted by molar-refractivity contribution is 7.90. The molecule has 0 aliphatic carbocycles. The first-order valence-corrected chi connectivity index (χ1v) is 7.21. The highest BCUT2D eigenvalue weighted by Gasteiger charge is 2.09. The molecule has 0 aliphatic heterocycles. The molecule has 4 nitrogen and oxygen atoms in total. The van der Waals surface area contributed by atoms with E-state index in [0.717, 1.165) is 11.1 Å². The summed E-state index contributed by atoms with van der Waals surface area (Å²) in [6, 6.07) is 4.96. The highest BCUT2D eigenvalue weighted by Crippen LogP contribution is 2.17. The number of hydrogen-bond acceptors (Lipinski definition) is 3. The summed E-state index contributed by atoms with van der Waals surface area (Å²) in [5.41, 5.74) is 1.89. The summed E-state index contributed by atoms with van der Waals surface area (Å²) in [6.07, 6.45) is 2.37. The van der Waals surface area contributed by atoms with Crippen LogP contribution >= 0.6 is 0 Å². The number of carboxylic acid groups (broad SMARTS) is 1. The Morgan fingerprint density at radius 3 is 2.53 bits per heavy atom. The fourth-order valence-electron chi connectivity index (χ4n) is 1.58. The largest absolute Gasteiger partial charge is 0.481 e. The topological polar surface area (TPSA) is 71.4 Å². The minimum Gasteiger partial charge on any atom is -0.481 e. The zero-order valence-electron chi connectivity index (χ0n) is 9.93. The summed E-state index contributed by atoms with van der Waals surface area (Å²) in [5.74, 6) is -0.832. The van der Waals surface area contributed by atoms with Crippen molar-refractivity contribution in [3.05, 3.63) is 29.3 Å². The third-order valence-corrected chi connectivity index (χ3v) is 3.70. The van der Waals surface area contributed by atoms with Crippen LogP contribution in [-0.2, 0) is 21.1 Å². The summed E-state index contributed by atoms with van der Waals surface area (Å²) >= 11 is 0. The fraction of sp³-hybridized carbons (Fsp3) is 0.417. The molecule has 1 rings (SSSR count). The van der Waals surface area contributed by atoms with E-state index in [1.54, 1.807) is 18.2 Å². The molecule has 1 aromatic rings. The summed E-state index contributed by atoms with van der Waals surface area (Å²) in [7, 11) is -3.20. The maximum absolute atomic E-state index is 11.4. The predicted molar refractivity (Wildman–Crippen MR) is 64.9 cm³/mol. The summed E-state index contributed by atoms with van der Waals surface area (Å²) in [6.45, 7) is 1.89. The van der Waals surface area contributed by atoms with Gasteiger partial charge in [0.25, 0.3) is 0 Å². The zero-order valence-corrected chi connectivity index (χ0v) is 10.8. The Hall–Kier alpha value is -1.36. The molecule has 0 radical (unpaired) electrons. The van der Waals surface area contributed by atoms with Crippen molar-refractivity contribution in [2.45, 2.75) is 31.1 Å². The Morgan fingerprint density at radius 2 is 2.00 bits per heavy atom. The molecule has 17 heavy (non-hydrogen) atoms. The minimum atomic E-state index is -3.20. The van der Waals surface area contributed by atoms with E-state index in [0.29, 0.717) is 12.8 Å². The molecule has 94 valence electrons. The summed E-state index contributed by atoms with van der Waals surface area (Å²) in [5, 5.41) is 8.55. The number of aliphatic carboxylic acids is 1. The highest BCUT2D eigenvalue weighted by atomic mass is 32.2. The molecule has 0 fully saturated rings. The zero-order chi connectivity index (χ0) is 13.1. The smallest absolute Gasteiger partial charge is 0.303 e. The van der Waals surface area contributed by atoms with E-state index in [1.807, 2.05) is 6.92 Å². The van der Waals surface area contributed by atoms with Crippen LogP contribution in [0, 0.1) is 6.92 Å². The van der Waals surface area contributed by atoms with Gasteiger partial charge < -0.3 is 5.11 Å². The molecule has 0 bridgehead atoms. The second-order valence-electron chi connectivity index (χ2n) is 4.11. The van der Waals surface area contributed by atoms with Crippen LogP contribution in [-0.4, -0.2) is 25.7 Å². The molecule has 0 unspecified atom stereocenters. The van der Waals surface area contributed by atoms with Gasteiger partial charge in [0.1, 0.15) is 0 Å². The van der Waals surface area contributed by atoms with Gasteiger partial charge in [-0.25, -0.2) is 8.42 Å². The molecule has 0 amide bonds. The van der Waals surface area contributed by atoms with Crippen LogP contribution < -0.4 is 0 Å². The van der Waals surface area contributed by atoms with Gasteiger partial charge >= 0.3 is 5.97 Å². The van der Waals surface area contributed by atoms with Crippen LogP contribution in [0.3, 0.4) is 0 Å². The van der Waals surface area contributed by atoms with E-state index >= 15 is 0 Å². The van der Waals surface area contributed by atoms with Crippen molar-refractivity contribution < 1.29 is 18.3 Å². The van der Waals surface area contributed by atoms with E-state index in [9.17, 15) is 13.2 Å². The molecule has 0 saturated heterocycles. The van der Waals surface area contributed by atoms with Crippen LogP contribution in [0.5, 0.6) is 0 Å². The van der Waals surface area contributed by atoms with Crippen molar-refractivity contribution in [2.24, 2.45) is 0 Å². The lowest BCUT2D eigenvalue weighted by Gasteiger charge is -2.07. The van der Waals surface area contributed by atoms with Gasteiger partial charge in [-0.1, -0.05) is 6.07 Å². The minimum absolute atomic E-state index is 0.0997. The first kappa shape index (κ1) is 13.7. The standard InChI is InChI=1S/C12H16O4S/c1-9-6-7-11(17(2,15)16)8-10(9)4-3-5-12(13)14/h6-8H,3-5H2,1-2H3,(H,13,14). The molecule has 0 aliphatic rings. The lowest BCUT2D eigenvalue weighted by molar-refractivity contribution is -0.137. The van der Waals surface area contributed by atoms with Crippen molar-refractivity contribution in [3.63, 3.8) is 0 Å². The van der Waals surface area contributed by atoms with Gasteiger partial charge in [0.15, 0.2) is 9.84 Å². The Balaban J connectivity index is 2.88. The number of rotatable bonds is 5. The van der Waals surface area contributed by atoms with Crippen LogP contribution in [0.4, 0.5) is 0 Å². The third-order valence-electron chi connectivity index (χ3n) is 2.59. The summed E-state index contributed by atoms with van der Waals surface area (Å²) < 4.78 is 22.8. The second-order valence-corrected chi connectivity index (χ2v) is 6.12. The van der Waals surface area contributed by atoms with Crippen molar-refractivity contribution in [3.8, 4) is 0 Å². The second kappa shape index (κ2) is 5.31. The van der Waals surface area contributed by atoms with Crippen molar-refractivity contribution >= 4 is 15.8 Å². The lowest BCUT2D eigenvalue weighted by atomic mass is 10.0. The Bertz CT molecular complexity index is 517. The van der Waals surface area contributed by atoms with E-state index in [4.69, 9.17) is 5.11 Å². The molecule has 0 saturated carbocycles. The molecule has 1 aromatic carbocycles. The first-order chi connectivity index (χ1) is 7.80. The number of carbonyl (C=O) groups is 1. The average Bonchev–Trinajstić information content (AvgIpc) is 2.18. The van der Waals surface area contributed by atoms with Gasteiger partial charge in [-0.2, -0.15) is 0 Å². The van der Waals surface area contributed by atoms with E-state index in [2.05, 4.69) is 0 Å². The molecule has 5 heteroatoms. The van der Waals surface area contributed by atoms with Crippen LogP contribution in [0.15, 0.2) is 23.1 Å². The van der Waals surface area contributed by atoms with Crippen molar-refractivity contribution in [2.75, 3.05) is 6.26 Å². The molecular weight excluding hydrogens is 240 g/mol. The van der Waals surface area contributed by atoms with Gasteiger partial charge in [-0.15, -0.1) is 0 Å². The normalized spacial score (nSPS) is 11.4. The Morgan fingerprint density at radius 1 is 1.35 bits per heavy atom. The van der Waals surface area contributed by atoms with Gasteiger partial charge in [-0.05, 0) is 43.0 Å². The van der Waals surface area contributed by atoms with Crippen LogP contribution in [0.25, 0.3) is 0 Å². The quantitative estimate of drug-likeness (QED) is 0.872. The molecule has 0 aromatic heterocycles. The summed E-state index contributed by atoms with van der Waals surface area (Å²) in [4.78, 5) is 10.7. The first-order valence-electron chi connectivity index (χ1n) is 5.32. The van der Waals surface area contributed by atoms with Crippen LogP contribution in [0.2, 0.25) is 0 Å². The predicted octanol–water partition coefficient (Wildman–Crippen LogP) is 1.81. The average molecular weight is 256 g/mol. The van der Waals surface area contributed by atoms with Crippen molar-refractivity contribution in [1.82, 2.24) is 0 Å². The van der Waals surface area contributed by atoms with Crippen molar-refractivity contribution in [1.29, 1.82) is 0 Å². The third kappa shape index (κ3) is 4.19. The Labute approximate surface area is 101 Å². The van der Waals surface area contributed by atoms with Crippen LogP contribution in [0.1, 0.15) is 24.0 Å². The van der Waals surface area contributed by atoms with E-state index < -0.39 is 15.8 Å². The number of sulfone groups is 1. The van der Waals surface area contributed by atoms with Gasteiger partial charge in [-0.3, -0.25) is 4.79 Å². The SMILES string of the molecule is Cc1ccc(S(C)(=O)=O)cc1CCCC(=O)O. The maximum Gasteiger partial charge on any atom is 0.303 e. The fourth-order valence-corrected chi connectivity index (χ4v) is 2.25. The molecule has 1 N–H and O–H groups in total. The van der Waals surface area contributed by atoms with Gasteiger partial charge in [0, 0.05) is 12.7 Å². The maximum atomic E-state index is 11.4. The molecule has 0 heterocycles. The molecular formula is C12H16O4S.